The highest BCUT2D eigenvalue weighted by Crippen LogP contribution is 2.17. The van der Waals surface area contributed by atoms with E-state index in [0.29, 0.717) is 16.8 Å². The molecule has 0 unspecified atom stereocenters. The molecule has 0 radical (unpaired) electrons. The zero-order valence-corrected chi connectivity index (χ0v) is 15.5. The second kappa shape index (κ2) is 9.56. The Labute approximate surface area is 154 Å². The molecule has 6 nitrogen and oxygen atoms in total. The van der Waals surface area contributed by atoms with Crippen LogP contribution < -0.4 is 10.2 Å². The number of carbonyl (C=O) groups is 2. The van der Waals surface area contributed by atoms with E-state index in [1.807, 2.05) is 0 Å². The number of benzene rings is 1. The normalized spacial score (nSPS) is 10.3. The Hall–Kier alpha value is -2.89. The van der Waals surface area contributed by atoms with E-state index in [-0.39, 0.29) is 5.91 Å². The Morgan fingerprint density at radius 2 is 1.81 bits per heavy atom. The molecule has 2 aromatic rings. The zero-order valence-electron chi connectivity index (χ0n) is 15.5. The number of methoxy groups -OCH3 is 1. The highest BCUT2D eigenvalue weighted by molar-refractivity contribution is 6.05. The highest BCUT2D eigenvalue weighted by Gasteiger charge is 2.12. The molecular formula is C20H25N3O3. The van der Waals surface area contributed by atoms with Gasteiger partial charge in [0.15, 0.2) is 0 Å². The fraction of sp³-hybridized carbons (Fsp3) is 0.350. The molecule has 1 N–H and O–H groups in total. The van der Waals surface area contributed by atoms with Gasteiger partial charge in [0, 0.05) is 30.5 Å². The van der Waals surface area contributed by atoms with Gasteiger partial charge in [-0.3, -0.25) is 4.79 Å². The Morgan fingerprint density at radius 1 is 1.08 bits per heavy atom. The van der Waals surface area contributed by atoms with E-state index in [2.05, 4.69) is 29.0 Å². The van der Waals surface area contributed by atoms with Crippen molar-refractivity contribution >= 4 is 23.4 Å². The van der Waals surface area contributed by atoms with Crippen LogP contribution in [0.15, 0.2) is 42.6 Å². The van der Waals surface area contributed by atoms with Gasteiger partial charge in [0.2, 0.25) is 0 Å². The summed E-state index contributed by atoms with van der Waals surface area (Å²) in [6.45, 7) is 6.03. The van der Waals surface area contributed by atoms with Gasteiger partial charge in [-0.2, -0.15) is 0 Å². The van der Waals surface area contributed by atoms with Crippen LogP contribution in [0.2, 0.25) is 0 Å². The molecule has 0 aliphatic carbocycles. The predicted molar refractivity (Wildman–Crippen MR) is 103 cm³/mol. The molecule has 1 aromatic heterocycles. The molecule has 1 aromatic carbocycles. The maximum atomic E-state index is 12.6. The minimum Gasteiger partial charge on any atom is -0.465 e. The number of hydrogen-bond acceptors (Lipinski definition) is 5. The maximum absolute atomic E-state index is 12.6. The third-order valence-electron chi connectivity index (χ3n) is 3.86. The topological polar surface area (TPSA) is 71.5 Å². The summed E-state index contributed by atoms with van der Waals surface area (Å²) in [5.74, 6) is 0.107. The fourth-order valence-corrected chi connectivity index (χ4v) is 2.66. The van der Waals surface area contributed by atoms with E-state index in [9.17, 15) is 9.59 Å². The van der Waals surface area contributed by atoms with Crippen LogP contribution in [0.4, 0.5) is 11.5 Å². The minimum atomic E-state index is -0.443. The van der Waals surface area contributed by atoms with Gasteiger partial charge in [0.25, 0.3) is 5.91 Å². The molecule has 0 atom stereocenters. The average molecular weight is 355 g/mol. The summed E-state index contributed by atoms with van der Waals surface area (Å²) in [5.41, 5.74) is 1.45. The van der Waals surface area contributed by atoms with Crippen LogP contribution in [0.5, 0.6) is 0 Å². The number of pyridine rings is 1. The number of amides is 1. The molecule has 0 aliphatic heterocycles. The molecule has 26 heavy (non-hydrogen) atoms. The second-order valence-electron chi connectivity index (χ2n) is 5.92. The van der Waals surface area contributed by atoms with Gasteiger partial charge >= 0.3 is 5.97 Å². The van der Waals surface area contributed by atoms with Crippen molar-refractivity contribution in [1.82, 2.24) is 4.98 Å². The molecule has 138 valence electrons. The molecular weight excluding hydrogens is 330 g/mol. The smallest absolute Gasteiger partial charge is 0.337 e. The fourth-order valence-electron chi connectivity index (χ4n) is 2.66. The number of aromatic nitrogens is 1. The van der Waals surface area contributed by atoms with Gasteiger partial charge in [-0.05, 0) is 43.2 Å². The lowest BCUT2D eigenvalue weighted by atomic mass is 10.2. The van der Waals surface area contributed by atoms with Crippen LogP contribution in [0, 0.1) is 0 Å². The number of hydrogen-bond donors (Lipinski definition) is 1. The average Bonchev–Trinajstić information content (AvgIpc) is 2.67. The number of carbonyl (C=O) groups excluding carboxylic acids is 2. The van der Waals surface area contributed by atoms with Crippen molar-refractivity contribution in [2.45, 2.75) is 26.7 Å². The number of ether oxygens (including phenoxy) is 1. The van der Waals surface area contributed by atoms with Crippen LogP contribution in [-0.2, 0) is 4.74 Å². The van der Waals surface area contributed by atoms with Crippen LogP contribution in [0.3, 0.4) is 0 Å². The first kappa shape index (κ1) is 19.4. The van der Waals surface area contributed by atoms with Crippen molar-refractivity contribution in [3.63, 3.8) is 0 Å². The monoisotopic (exact) mass is 355 g/mol. The Balaban J connectivity index is 2.17. The molecule has 0 spiro atoms. The number of esters is 1. The van der Waals surface area contributed by atoms with Crippen molar-refractivity contribution in [3.8, 4) is 0 Å². The lowest BCUT2D eigenvalue weighted by Crippen LogP contribution is -2.26. The molecule has 0 bridgehead atoms. The van der Waals surface area contributed by atoms with Gasteiger partial charge in [0.05, 0.1) is 12.7 Å². The van der Waals surface area contributed by atoms with Crippen LogP contribution in [-0.4, -0.2) is 37.1 Å². The van der Waals surface area contributed by atoms with Gasteiger partial charge in [-0.25, -0.2) is 9.78 Å². The Morgan fingerprint density at radius 3 is 2.46 bits per heavy atom. The molecule has 0 aliphatic rings. The zero-order chi connectivity index (χ0) is 18.9. The molecule has 2 rings (SSSR count). The first-order valence-electron chi connectivity index (χ1n) is 8.79. The molecule has 0 saturated carbocycles. The van der Waals surface area contributed by atoms with Crippen molar-refractivity contribution in [2.24, 2.45) is 0 Å². The van der Waals surface area contributed by atoms with E-state index in [4.69, 9.17) is 4.74 Å². The SMILES string of the molecule is CCCN(CCC)c1cc(C(=O)Nc2cccc(C(=O)OC)c2)ccn1. The van der Waals surface area contributed by atoms with Crippen LogP contribution in [0.1, 0.15) is 47.4 Å². The third kappa shape index (κ3) is 5.05. The van der Waals surface area contributed by atoms with E-state index in [1.165, 1.54) is 7.11 Å². The highest BCUT2D eigenvalue weighted by atomic mass is 16.5. The van der Waals surface area contributed by atoms with E-state index < -0.39 is 5.97 Å². The maximum Gasteiger partial charge on any atom is 0.337 e. The summed E-state index contributed by atoms with van der Waals surface area (Å²) in [5, 5.41) is 2.81. The molecule has 0 saturated heterocycles. The van der Waals surface area contributed by atoms with Crippen molar-refractivity contribution in [1.29, 1.82) is 0 Å². The number of nitrogens with zero attached hydrogens (tertiary/aromatic N) is 2. The second-order valence-corrected chi connectivity index (χ2v) is 5.92. The van der Waals surface area contributed by atoms with Gasteiger partial charge < -0.3 is 15.0 Å². The largest absolute Gasteiger partial charge is 0.465 e. The summed E-state index contributed by atoms with van der Waals surface area (Å²) in [6, 6.07) is 10.1. The first-order valence-corrected chi connectivity index (χ1v) is 8.79. The summed E-state index contributed by atoms with van der Waals surface area (Å²) >= 11 is 0. The van der Waals surface area contributed by atoms with Gasteiger partial charge in [0.1, 0.15) is 5.82 Å². The molecule has 0 fully saturated rings. The van der Waals surface area contributed by atoms with Crippen molar-refractivity contribution < 1.29 is 14.3 Å². The Bertz CT molecular complexity index is 755. The molecule has 1 heterocycles. The summed E-state index contributed by atoms with van der Waals surface area (Å²) < 4.78 is 4.70. The number of nitrogens with one attached hydrogen (secondary N) is 1. The standard InChI is InChI=1S/C20H25N3O3/c1-4-11-23(12-5-2)18-14-15(9-10-21-18)19(24)22-17-8-6-7-16(13-17)20(25)26-3/h6-10,13-14H,4-5,11-12H2,1-3H3,(H,22,24). The first-order chi connectivity index (χ1) is 12.6. The van der Waals surface area contributed by atoms with Crippen LogP contribution in [0.25, 0.3) is 0 Å². The third-order valence-corrected chi connectivity index (χ3v) is 3.86. The van der Waals surface area contributed by atoms with E-state index in [0.717, 1.165) is 31.7 Å². The molecule has 6 heteroatoms. The van der Waals surface area contributed by atoms with Gasteiger partial charge in [-0.15, -0.1) is 0 Å². The molecule has 1 amide bonds. The minimum absolute atomic E-state index is 0.247. The lowest BCUT2D eigenvalue weighted by molar-refractivity contribution is 0.0600. The Kier molecular flexibility index (Phi) is 7.14. The number of anilines is 2. The summed E-state index contributed by atoms with van der Waals surface area (Å²) in [6.07, 6.45) is 3.67. The quantitative estimate of drug-likeness (QED) is 0.730. The van der Waals surface area contributed by atoms with E-state index in [1.54, 1.807) is 42.6 Å². The lowest BCUT2D eigenvalue weighted by Gasteiger charge is -2.22. The van der Waals surface area contributed by atoms with E-state index >= 15 is 0 Å². The number of rotatable bonds is 8. The summed E-state index contributed by atoms with van der Waals surface area (Å²) in [7, 11) is 1.32. The van der Waals surface area contributed by atoms with Crippen LogP contribution >= 0.6 is 0 Å². The predicted octanol–water partition coefficient (Wildman–Crippen LogP) is 3.75. The van der Waals surface area contributed by atoms with Crippen molar-refractivity contribution in [2.75, 3.05) is 30.4 Å². The van der Waals surface area contributed by atoms with Gasteiger partial charge in [-0.1, -0.05) is 19.9 Å². The summed E-state index contributed by atoms with van der Waals surface area (Å²) in [4.78, 5) is 30.8. The van der Waals surface area contributed by atoms with Crippen molar-refractivity contribution in [3.05, 3.63) is 53.7 Å².